The monoisotopic (exact) mass is 396 g/mol. The van der Waals surface area contributed by atoms with Gasteiger partial charge >= 0.3 is 0 Å². The first-order chi connectivity index (χ1) is 12.8. The maximum Gasteiger partial charge on any atom is 0.258 e. The van der Waals surface area contributed by atoms with Gasteiger partial charge in [-0.15, -0.1) is 0 Å². The second kappa shape index (κ2) is 8.94. The first-order valence-electron chi connectivity index (χ1n) is 8.03. The third-order valence-electron chi connectivity index (χ3n) is 3.62. The highest BCUT2D eigenvalue weighted by molar-refractivity contribution is 7.89. The number of methoxy groups -OCH3 is 2. The van der Waals surface area contributed by atoms with E-state index in [4.69, 9.17) is 9.47 Å². The van der Waals surface area contributed by atoms with E-state index >= 15 is 0 Å². The van der Waals surface area contributed by atoms with Crippen molar-refractivity contribution in [2.45, 2.75) is 17.9 Å². The zero-order valence-electron chi connectivity index (χ0n) is 15.2. The lowest BCUT2D eigenvalue weighted by molar-refractivity contribution is 0.102. The topological polar surface area (TPSA) is 93.7 Å². The number of halogens is 1. The summed E-state index contributed by atoms with van der Waals surface area (Å²) in [5.74, 6) is -1.17. The van der Waals surface area contributed by atoms with E-state index < -0.39 is 27.8 Å². The fraction of sp³-hybridized carbons (Fsp3) is 0.278. The number of carbonyl (C=O) groups is 1. The minimum Gasteiger partial charge on any atom is -0.495 e. The van der Waals surface area contributed by atoms with Crippen LogP contribution in [0.15, 0.2) is 47.4 Å². The Morgan fingerprint density at radius 1 is 1.19 bits per heavy atom. The van der Waals surface area contributed by atoms with E-state index in [0.29, 0.717) is 0 Å². The molecule has 2 aromatic carbocycles. The molecule has 2 aromatic rings. The number of rotatable bonds is 8. The van der Waals surface area contributed by atoms with Crippen LogP contribution in [0.2, 0.25) is 0 Å². The summed E-state index contributed by atoms with van der Waals surface area (Å²) in [6.07, 6.45) is 0. The molecule has 0 aliphatic rings. The second-order valence-electron chi connectivity index (χ2n) is 5.77. The third-order valence-corrected chi connectivity index (χ3v) is 5.21. The maximum absolute atomic E-state index is 13.8. The highest BCUT2D eigenvalue weighted by Gasteiger charge is 2.20. The number of hydrogen-bond acceptors (Lipinski definition) is 5. The average Bonchev–Trinajstić information content (AvgIpc) is 2.61. The van der Waals surface area contributed by atoms with Crippen molar-refractivity contribution >= 4 is 21.6 Å². The summed E-state index contributed by atoms with van der Waals surface area (Å²) in [5, 5.41) is 2.49. The van der Waals surface area contributed by atoms with Gasteiger partial charge in [-0.25, -0.2) is 17.5 Å². The van der Waals surface area contributed by atoms with Gasteiger partial charge in [-0.05, 0) is 37.3 Å². The second-order valence-corrected chi connectivity index (χ2v) is 7.49. The van der Waals surface area contributed by atoms with Crippen LogP contribution in [0.25, 0.3) is 0 Å². The van der Waals surface area contributed by atoms with Crippen LogP contribution in [0.5, 0.6) is 5.75 Å². The predicted octanol–water partition coefficient (Wildman–Crippen LogP) is 2.40. The molecular weight excluding hydrogens is 375 g/mol. The Morgan fingerprint density at radius 2 is 1.89 bits per heavy atom. The molecule has 0 spiro atoms. The molecule has 0 bridgehead atoms. The van der Waals surface area contributed by atoms with E-state index in [1.807, 2.05) is 0 Å². The first kappa shape index (κ1) is 20.8. The quantitative estimate of drug-likeness (QED) is 0.715. The smallest absolute Gasteiger partial charge is 0.258 e. The lowest BCUT2D eigenvalue weighted by Gasteiger charge is -2.15. The number of hydrogen-bond donors (Lipinski definition) is 2. The van der Waals surface area contributed by atoms with Gasteiger partial charge in [0.2, 0.25) is 10.0 Å². The Hall–Kier alpha value is -2.49. The Balaban J connectivity index is 2.32. The van der Waals surface area contributed by atoms with Crippen molar-refractivity contribution in [3.05, 3.63) is 53.8 Å². The maximum atomic E-state index is 13.8. The Labute approximate surface area is 157 Å². The molecule has 1 atom stereocenters. The summed E-state index contributed by atoms with van der Waals surface area (Å²) in [6.45, 7) is 1.86. The van der Waals surface area contributed by atoms with Crippen molar-refractivity contribution in [3.8, 4) is 5.75 Å². The van der Waals surface area contributed by atoms with E-state index in [1.165, 1.54) is 50.6 Å². The van der Waals surface area contributed by atoms with E-state index in [-0.39, 0.29) is 28.5 Å². The fourth-order valence-corrected chi connectivity index (χ4v) is 3.66. The predicted molar refractivity (Wildman–Crippen MR) is 99.0 cm³/mol. The summed E-state index contributed by atoms with van der Waals surface area (Å²) in [6, 6.07) is 9.04. The lowest BCUT2D eigenvalue weighted by atomic mass is 10.2. The zero-order valence-corrected chi connectivity index (χ0v) is 16.0. The zero-order chi connectivity index (χ0) is 20.0. The van der Waals surface area contributed by atoms with Crippen molar-refractivity contribution in [2.24, 2.45) is 0 Å². The molecule has 7 nitrogen and oxygen atoms in total. The van der Waals surface area contributed by atoms with Crippen LogP contribution in [-0.4, -0.2) is 41.2 Å². The highest BCUT2D eigenvalue weighted by Crippen LogP contribution is 2.28. The molecule has 0 unspecified atom stereocenters. The van der Waals surface area contributed by atoms with Crippen LogP contribution < -0.4 is 14.8 Å². The minimum absolute atomic E-state index is 0.0740. The largest absolute Gasteiger partial charge is 0.495 e. The van der Waals surface area contributed by atoms with E-state index in [9.17, 15) is 17.6 Å². The summed E-state index contributed by atoms with van der Waals surface area (Å²) in [4.78, 5) is 12.3. The fourth-order valence-electron chi connectivity index (χ4n) is 2.40. The van der Waals surface area contributed by atoms with Crippen LogP contribution in [0.3, 0.4) is 0 Å². The normalized spacial score (nSPS) is 12.4. The number of benzene rings is 2. The number of nitrogens with one attached hydrogen (secondary N) is 2. The van der Waals surface area contributed by atoms with Crippen molar-refractivity contribution in [3.63, 3.8) is 0 Å². The first-order valence-corrected chi connectivity index (χ1v) is 9.52. The van der Waals surface area contributed by atoms with Gasteiger partial charge < -0.3 is 14.8 Å². The standard InChI is InChI=1S/C18H21FN2O5S/c1-12(11-25-2)21-27(23,24)13-8-9-17(26-3)16(10-13)20-18(22)14-6-4-5-7-15(14)19/h4-10,12,21H,11H2,1-3H3,(H,20,22)/t12-/m1/s1. The molecule has 0 heterocycles. The van der Waals surface area contributed by atoms with Gasteiger partial charge in [0.05, 0.1) is 29.9 Å². The number of anilines is 1. The minimum atomic E-state index is -3.85. The number of sulfonamides is 1. The van der Waals surface area contributed by atoms with Gasteiger partial charge in [0.25, 0.3) is 5.91 Å². The molecule has 0 saturated carbocycles. The highest BCUT2D eigenvalue weighted by atomic mass is 32.2. The van der Waals surface area contributed by atoms with Crippen LogP contribution >= 0.6 is 0 Å². The van der Waals surface area contributed by atoms with Crippen LogP contribution in [0, 0.1) is 5.82 Å². The van der Waals surface area contributed by atoms with E-state index in [0.717, 1.165) is 6.07 Å². The van der Waals surface area contributed by atoms with Gasteiger partial charge in [-0.3, -0.25) is 4.79 Å². The van der Waals surface area contributed by atoms with Crippen molar-refractivity contribution in [1.82, 2.24) is 4.72 Å². The Kier molecular flexibility index (Phi) is 6.89. The third kappa shape index (κ3) is 5.25. The summed E-state index contributed by atoms with van der Waals surface area (Å²) in [5.41, 5.74) is -0.0623. The molecule has 0 fully saturated rings. The lowest BCUT2D eigenvalue weighted by Crippen LogP contribution is -2.35. The molecule has 9 heteroatoms. The molecule has 27 heavy (non-hydrogen) atoms. The molecule has 0 saturated heterocycles. The summed E-state index contributed by atoms with van der Waals surface area (Å²) >= 11 is 0. The molecular formula is C18H21FN2O5S. The molecule has 0 aliphatic carbocycles. The molecule has 0 radical (unpaired) electrons. The Bertz CT molecular complexity index is 918. The van der Waals surface area contributed by atoms with Crippen molar-refractivity contribution in [2.75, 3.05) is 26.1 Å². The van der Waals surface area contributed by atoms with E-state index in [1.54, 1.807) is 6.92 Å². The van der Waals surface area contributed by atoms with Gasteiger partial charge in [-0.1, -0.05) is 12.1 Å². The molecule has 1 amide bonds. The molecule has 2 rings (SSSR count). The Morgan fingerprint density at radius 3 is 2.52 bits per heavy atom. The molecule has 0 aliphatic heterocycles. The van der Waals surface area contributed by atoms with Crippen molar-refractivity contribution in [1.29, 1.82) is 0 Å². The van der Waals surface area contributed by atoms with Gasteiger partial charge in [-0.2, -0.15) is 0 Å². The molecule has 0 aromatic heterocycles. The number of carbonyl (C=O) groups excluding carboxylic acids is 1. The average molecular weight is 396 g/mol. The molecule has 2 N–H and O–H groups in total. The van der Waals surface area contributed by atoms with Gasteiger partial charge in [0.15, 0.2) is 0 Å². The van der Waals surface area contributed by atoms with E-state index in [2.05, 4.69) is 10.0 Å². The van der Waals surface area contributed by atoms with Crippen molar-refractivity contribution < 1.29 is 27.1 Å². The SMILES string of the molecule is COC[C@@H](C)NS(=O)(=O)c1ccc(OC)c(NC(=O)c2ccccc2F)c1. The van der Waals surface area contributed by atoms with Crippen LogP contribution in [0.4, 0.5) is 10.1 Å². The van der Waals surface area contributed by atoms with Crippen LogP contribution in [-0.2, 0) is 14.8 Å². The van der Waals surface area contributed by atoms with Gasteiger partial charge in [0, 0.05) is 13.2 Å². The summed E-state index contributed by atoms with van der Waals surface area (Å²) < 4.78 is 51.3. The van der Waals surface area contributed by atoms with Crippen LogP contribution in [0.1, 0.15) is 17.3 Å². The summed E-state index contributed by atoms with van der Waals surface area (Å²) in [7, 11) is -1.01. The number of ether oxygens (including phenoxy) is 2. The number of amides is 1. The van der Waals surface area contributed by atoms with Gasteiger partial charge in [0.1, 0.15) is 11.6 Å². The molecule has 146 valence electrons.